The molecule has 0 heterocycles. The van der Waals surface area contributed by atoms with Crippen molar-refractivity contribution in [3.8, 4) is 11.5 Å². The molecular formula is C15H20Si. The van der Waals surface area contributed by atoms with Gasteiger partial charge in [-0.3, -0.25) is 0 Å². The summed E-state index contributed by atoms with van der Waals surface area (Å²) in [6.45, 7) is 6.79. The monoisotopic (exact) mass is 228 g/mol. The molecule has 0 atom stereocenters. The highest BCUT2D eigenvalue weighted by Crippen LogP contribution is 2.02. The average molecular weight is 228 g/mol. The van der Waals surface area contributed by atoms with Gasteiger partial charge in [-0.1, -0.05) is 62.0 Å². The summed E-state index contributed by atoms with van der Waals surface area (Å²) < 4.78 is 0. The van der Waals surface area contributed by atoms with E-state index in [0.29, 0.717) is 0 Å². The van der Waals surface area contributed by atoms with E-state index < -0.39 is 8.07 Å². The Kier molecular flexibility index (Phi) is 5.08. The van der Waals surface area contributed by atoms with Crippen LogP contribution in [-0.2, 0) is 6.42 Å². The molecule has 0 aliphatic rings. The van der Waals surface area contributed by atoms with Crippen LogP contribution in [0.3, 0.4) is 0 Å². The Morgan fingerprint density at radius 1 is 1.12 bits per heavy atom. The molecule has 0 aliphatic carbocycles. The van der Waals surface area contributed by atoms with Crippen molar-refractivity contribution in [2.75, 3.05) is 0 Å². The van der Waals surface area contributed by atoms with Crippen molar-refractivity contribution in [3.63, 3.8) is 0 Å². The Morgan fingerprint density at radius 3 is 2.44 bits per heavy atom. The number of hydrogen-bond donors (Lipinski definition) is 0. The van der Waals surface area contributed by atoms with Crippen LogP contribution in [0.5, 0.6) is 0 Å². The maximum Gasteiger partial charge on any atom is 0.129 e. The fourth-order valence-electron chi connectivity index (χ4n) is 1.30. The number of aryl methyl sites for hydroxylation is 1. The predicted octanol–water partition coefficient (Wildman–Crippen LogP) is 4.06. The van der Waals surface area contributed by atoms with Crippen LogP contribution in [0, 0.1) is 11.5 Å². The molecule has 1 heteroatoms. The van der Waals surface area contributed by atoms with E-state index in [1.54, 1.807) is 0 Å². The first-order valence-corrected chi connectivity index (χ1v) is 9.29. The van der Waals surface area contributed by atoms with Gasteiger partial charge in [0.2, 0.25) is 0 Å². The van der Waals surface area contributed by atoms with E-state index in [-0.39, 0.29) is 0 Å². The summed E-state index contributed by atoms with van der Waals surface area (Å²) in [4.78, 5) is 0. The predicted molar refractivity (Wildman–Crippen MR) is 75.0 cm³/mol. The first kappa shape index (κ1) is 12.8. The van der Waals surface area contributed by atoms with E-state index in [1.165, 1.54) is 5.56 Å². The van der Waals surface area contributed by atoms with Crippen molar-refractivity contribution in [3.05, 3.63) is 48.0 Å². The van der Waals surface area contributed by atoms with Gasteiger partial charge in [0.1, 0.15) is 8.07 Å². The highest BCUT2D eigenvalue weighted by Gasteiger charge is 2.06. The van der Waals surface area contributed by atoms with E-state index in [0.717, 1.165) is 12.8 Å². The summed E-state index contributed by atoms with van der Waals surface area (Å²) >= 11 is 0. The quantitative estimate of drug-likeness (QED) is 0.541. The smallest absolute Gasteiger partial charge is 0.127 e. The van der Waals surface area contributed by atoms with Crippen LogP contribution in [0.1, 0.15) is 12.0 Å². The fraction of sp³-hybridized carbons (Fsp3) is 0.333. The lowest BCUT2D eigenvalue weighted by molar-refractivity contribution is 1.00. The van der Waals surface area contributed by atoms with Gasteiger partial charge < -0.3 is 0 Å². The number of hydrogen-bond acceptors (Lipinski definition) is 0. The van der Waals surface area contributed by atoms with Crippen LogP contribution in [0.25, 0.3) is 0 Å². The second-order valence-corrected chi connectivity index (χ2v) is 9.70. The third kappa shape index (κ3) is 6.26. The van der Waals surface area contributed by atoms with Gasteiger partial charge in [-0.25, -0.2) is 0 Å². The molecule has 1 aromatic carbocycles. The summed E-state index contributed by atoms with van der Waals surface area (Å²) in [5.74, 6) is 3.14. The lowest BCUT2D eigenvalue weighted by Crippen LogP contribution is -2.16. The molecule has 0 N–H and O–H groups in total. The molecule has 16 heavy (non-hydrogen) atoms. The molecule has 0 radical (unpaired) electrons. The van der Waals surface area contributed by atoms with Crippen molar-refractivity contribution in [2.24, 2.45) is 0 Å². The molecule has 0 spiro atoms. The van der Waals surface area contributed by atoms with Crippen LogP contribution in [0.2, 0.25) is 19.6 Å². The Bertz CT molecular complexity index is 385. The minimum atomic E-state index is -1.19. The van der Waals surface area contributed by atoms with Gasteiger partial charge >= 0.3 is 0 Å². The maximum absolute atomic E-state index is 3.32. The van der Waals surface area contributed by atoms with Crippen molar-refractivity contribution < 1.29 is 0 Å². The van der Waals surface area contributed by atoms with Gasteiger partial charge in [0.05, 0.1) is 0 Å². The van der Waals surface area contributed by atoms with Gasteiger partial charge in [0.25, 0.3) is 0 Å². The van der Waals surface area contributed by atoms with Crippen molar-refractivity contribution >= 4 is 8.07 Å². The van der Waals surface area contributed by atoms with Crippen LogP contribution in [0.15, 0.2) is 42.5 Å². The second-order valence-electron chi connectivity index (χ2n) is 4.95. The summed E-state index contributed by atoms with van der Waals surface area (Å²) in [6.07, 6.45) is 6.34. The van der Waals surface area contributed by atoms with Crippen molar-refractivity contribution in [1.29, 1.82) is 0 Å². The van der Waals surface area contributed by atoms with E-state index >= 15 is 0 Å². The number of benzene rings is 1. The minimum Gasteiger partial charge on any atom is -0.127 e. The minimum absolute atomic E-state index is 1.07. The molecule has 0 saturated heterocycles. The summed E-state index contributed by atoms with van der Waals surface area (Å²) in [6, 6.07) is 10.6. The lowest BCUT2D eigenvalue weighted by atomic mass is 10.1. The first-order valence-electron chi connectivity index (χ1n) is 5.79. The molecule has 0 nitrogen and oxygen atoms in total. The third-order valence-corrected chi connectivity index (χ3v) is 2.99. The van der Waals surface area contributed by atoms with E-state index in [4.69, 9.17) is 0 Å². The zero-order valence-electron chi connectivity index (χ0n) is 10.5. The number of allylic oxidation sites excluding steroid dienone is 2. The molecule has 0 aromatic heterocycles. The molecule has 0 fully saturated rings. The highest BCUT2D eigenvalue weighted by atomic mass is 28.3. The van der Waals surface area contributed by atoms with Crippen LogP contribution >= 0.6 is 0 Å². The van der Waals surface area contributed by atoms with Gasteiger partial charge in [0, 0.05) is 0 Å². The lowest BCUT2D eigenvalue weighted by Gasteiger charge is -2.02. The van der Waals surface area contributed by atoms with Gasteiger partial charge in [-0.2, -0.15) is 0 Å². The van der Waals surface area contributed by atoms with Crippen LogP contribution in [-0.4, -0.2) is 8.07 Å². The number of rotatable bonds is 3. The molecule has 0 unspecified atom stereocenters. The van der Waals surface area contributed by atoms with Gasteiger partial charge in [0.15, 0.2) is 0 Å². The summed E-state index contributed by atoms with van der Waals surface area (Å²) in [5.41, 5.74) is 4.72. The normalized spacial score (nSPS) is 11.2. The molecule has 1 aromatic rings. The molecule has 84 valence electrons. The second kappa shape index (κ2) is 6.35. The first-order chi connectivity index (χ1) is 7.58. The van der Waals surface area contributed by atoms with E-state index in [1.807, 2.05) is 6.08 Å². The Labute approximate surface area is 100 Å². The Morgan fingerprint density at radius 2 is 1.81 bits per heavy atom. The Balaban J connectivity index is 2.31. The van der Waals surface area contributed by atoms with Crippen molar-refractivity contribution in [2.45, 2.75) is 32.5 Å². The molecule has 1 rings (SSSR count). The molecule has 0 saturated carbocycles. The fourth-order valence-corrected chi connectivity index (χ4v) is 1.81. The van der Waals surface area contributed by atoms with Crippen LogP contribution in [0.4, 0.5) is 0 Å². The van der Waals surface area contributed by atoms with Gasteiger partial charge in [-0.15, -0.1) is 5.54 Å². The Hall–Kier alpha value is -1.26. The molecule has 0 aliphatic heterocycles. The standard InChI is InChI=1S/C15H20Si/c1-16(2,3)14-10-5-4-7-11-15-12-8-6-9-13-15/h4-6,8-9,12-13H,7,11H2,1-3H3/b5-4+. The van der Waals surface area contributed by atoms with E-state index in [9.17, 15) is 0 Å². The highest BCUT2D eigenvalue weighted by molar-refractivity contribution is 6.83. The topological polar surface area (TPSA) is 0 Å². The average Bonchev–Trinajstić information content (AvgIpc) is 2.23. The maximum atomic E-state index is 3.32. The molecular weight excluding hydrogens is 208 g/mol. The van der Waals surface area contributed by atoms with Crippen LogP contribution < -0.4 is 0 Å². The zero-order valence-corrected chi connectivity index (χ0v) is 11.5. The SMILES string of the molecule is C[Si](C)(C)C#C/C=C/CCc1ccccc1. The largest absolute Gasteiger partial charge is 0.129 e. The summed E-state index contributed by atoms with van der Waals surface area (Å²) in [5, 5.41) is 0. The molecule has 0 amide bonds. The van der Waals surface area contributed by atoms with E-state index in [2.05, 4.69) is 67.5 Å². The third-order valence-electron chi connectivity index (χ3n) is 2.09. The van der Waals surface area contributed by atoms with Crippen molar-refractivity contribution in [1.82, 2.24) is 0 Å². The summed E-state index contributed by atoms with van der Waals surface area (Å²) in [7, 11) is -1.19. The zero-order chi connectivity index (χ0) is 11.9. The van der Waals surface area contributed by atoms with Gasteiger partial charge in [-0.05, 0) is 24.5 Å². The molecule has 0 bridgehead atoms.